The van der Waals surface area contributed by atoms with Crippen LogP contribution in [0.15, 0.2) is 64.3 Å². The van der Waals surface area contributed by atoms with Gasteiger partial charge in [-0.05, 0) is 30.3 Å². The van der Waals surface area contributed by atoms with E-state index in [-0.39, 0.29) is 6.61 Å². The first kappa shape index (κ1) is 16.7. The molecule has 132 valence electrons. The summed E-state index contributed by atoms with van der Waals surface area (Å²) in [4.78, 5) is 13.2. The topological polar surface area (TPSA) is 62.9 Å². The van der Waals surface area contributed by atoms with Crippen molar-refractivity contribution in [3.63, 3.8) is 0 Å². The summed E-state index contributed by atoms with van der Waals surface area (Å²) in [5.41, 5.74) is 0.558. The molecule has 1 unspecified atom stereocenters. The van der Waals surface area contributed by atoms with Crippen LogP contribution in [0.1, 0.15) is 5.56 Å². The number of hydrogen-bond acceptors (Lipinski definition) is 5. The van der Waals surface area contributed by atoms with Crippen LogP contribution in [0.4, 0.5) is 5.69 Å². The average molecular weight is 370 g/mol. The lowest BCUT2D eigenvalue weighted by atomic mass is 9.98. The highest BCUT2D eigenvalue weighted by Gasteiger charge is 2.45. The molecule has 4 rings (SSSR count). The van der Waals surface area contributed by atoms with Crippen molar-refractivity contribution >= 4 is 33.8 Å². The second kappa shape index (κ2) is 5.90. The van der Waals surface area contributed by atoms with Gasteiger partial charge in [0.2, 0.25) is 0 Å². The molecule has 1 N–H and O–H groups in total. The van der Waals surface area contributed by atoms with E-state index in [1.807, 2.05) is 6.07 Å². The average Bonchev–Trinajstić information content (AvgIpc) is 2.83. The molecule has 6 heteroatoms. The Labute approximate surface area is 154 Å². The summed E-state index contributed by atoms with van der Waals surface area (Å²) < 4.78 is 11.0. The van der Waals surface area contributed by atoms with Crippen LogP contribution < -0.4 is 15.3 Å². The number of aliphatic hydroxyl groups is 1. The molecule has 0 spiro atoms. The molecule has 1 aliphatic rings. The molecule has 0 aliphatic carbocycles. The van der Waals surface area contributed by atoms with Gasteiger partial charge in [-0.25, -0.2) is 4.79 Å². The first-order valence-electron chi connectivity index (χ1n) is 8.02. The SMILES string of the molecule is C=C1c2c(ccc3oc(=O)ccc23)N(C)C1(O)COc1ccccc1Cl. The maximum atomic E-state index is 11.5. The van der Waals surface area contributed by atoms with Crippen LogP contribution in [-0.4, -0.2) is 24.5 Å². The molecule has 0 saturated carbocycles. The smallest absolute Gasteiger partial charge is 0.336 e. The Hall–Kier alpha value is -2.76. The van der Waals surface area contributed by atoms with Gasteiger partial charge in [-0.2, -0.15) is 0 Å². The summed E-state index contributed by atoms with van der Waals surface area (Å²) in [6.07, 6.45) is 0. The Morgan fingerprint density at radius 1 is 1.23 bits per heavy atom. The van der Waals surface area contributed by atoms with E-state index in [0.717, 1.165) is 11.3 Å². The first-order chi connectivity index (χ1) is 12.4. The molecule has 26 heavy (non-hydrogen) atoms. The van der Waals surface area contributed by atoms with E-state index >= 15 is 0 Å². The van der Waals surface area contributed by atoms with Crippen molar-refractivity contribution in [1.82, 2.24) is 0 Å². The van der Waals surface area contributed by atoms with Crippen molar-refractivity contribution in [2.75, 3.05) is 18.6 Å². The summed E-state index contributed by atoms with van der Waals surface area (Å²) in [5.74, 6) is 0.482. The minimum absolute atomic E-state index is 0.0565. The summed E-state index contributed by atoms with van der Waals surface area (Å²) in [5, 5.41) is 12.5. The van der Waals surface area contributed by atoms with Gasteiger partial charge in [-0.1, -0.05) is 30.3 Å². The van der Waals surface area contributed by atoms with Crippen molar-refractivity contribution in [3.05, 3.63) is 76.1 Å². The van der Waals surface area contributed by atoms with Gasteiger partial charge in [0, 0.05) is 35.3 Å². The second-order valence-corrected chi connectivity index (χ2v) is 6.61. The molecular weight excluding hydrogens is 354 g/mol. The van der Waals surface area contributed by atoms with E-state index in [9.17, 15) is 9.90 Å². The normalized spacial score (nSPS) is 19.0. The Morgan fingerprint density at radius 3 is 2.77 bits per heavy atom. The highest BCUT2D eigenvalue weighted by atomic mass is 35.5. The van der Waals surface area contributed by atoms with Gasteiger partial charge in [0.1, 0.15) is 17.9 Å². The number of rotatable bonds is 3. The number of fused-ring (bicyclic) bond motifs is 3. The van der Waals surface area contributed by atoms with Gasteiger partial charge >= 0.3 is 5.63 Å². The van der Waals surface area contributed by atoms with Crippen molar-refractivity contribution in [1.29, 1.82) is 0 Å². The fourth-order valence-corrected chi connectivity index (χ4v) is 3.45. The maximum absolute atomic E-state index is 11.5. The van der Waals surface area contributed by atoms with Gasteiger partial charge in [0.05, 0.1) is 5.02 Å². The minimum Gasteiger partial charge on any atom is -0.487 e. The van der Waals surface area contributed by atoms with E-state index in [2.05, 4.69) is 6.58 Å². The Bertz CT molecular complexity index is 1090. The van der Waals surface area contributed by atoms with Crippen molar-refractivity contribution in [3.8, 4) is 5.75 Å². The summed E-state index contributed by atoms with van der Waals surface area (Å²) in [6.45, 7) is 4.03. The lowest BCUT2D eigenvalue weighted by Gasteiger charge is -2.33. The van der Waals surface area contributed by atoms with Crippen LogP contribution in [0.2, 0.25) is 5.02 Å². The van der Waals surface area contributed by atoms with Crippen molar-refractivity contribution in [2.24, 2.45) is 0 Å². The van der Waals surface area contributed by atoms with Crippen molar-refractivity contribution < 1.29 is 14.3 Å². The quantitative estimate of drug-likeness (QED) is 0.713. The van der Waals surface area contributed by atoms with Crippen LogP contribution in [0.3, 0.4) is 0 Å². The maximum Gasteiger partial charge on any atom is 0.336 e. The third-order valence-corrected chi connectivity index (χ3v) is 5.06. The summed E-state index contributed by atoms with van der Waals surface area (Å²) in [6, 6.07) is 13.6. The predicted octanol–water partition coefficient (Wildman–Crippen LogP) is 3.68. The van der Waals surface area contributed by atoms with Gasteiger partial charge < -0.3 is 19.2 Å². The molecule has 2 heterocycles. The van der Waals surface area contributed by atoms with Crippen LogP contribution in [0.25, 0.3) is 16.5 Å². The monoisotopic (exact) mass is 369 g/mol. The Kier molecular flexibility index (Phi) is 3.79. The molecule has 0 bridgehead atoms. The Balaban J connectivity index is 1.74. The molecule has 2 aromatic carbocycles. The highest BCUT2D eigenvalue weighted by molar-refractivity contribution is 6.32. The number of anilines is 1. The molecule has 1 aliphatic heterocycles. The molecule has 0 saturated heterocycles. The molecular formula is C20H16ClNO4. The summed E-state index contributed by atoms with van der Waals surface area (Å²) >= 11 is 6.13. The lowest BCUT2D eigenvalue weighted by Crippen LogP contribution is -2.48. The van der Waals surface area contributed by atoms with Crippen LogP contribution >= 0.6 is 11.6 Å². The zero-order valence-electron chi connectivity index (χ0n) is 14.0. The molecule has 3 aromatic rings. The van der Waals surface area contributed by atoms with E-state index in [1.54, 1.807) is 48.3 Å². The van der Waals surface area contributed by atoms with Crippen LogP contribution in [0, 0.1) is 0 Å². The first-order valence-corrected chi connectivity index (χ1v) is 8.40. The minimum atomic E-state index is -1.45. The van der Waals surface area contributed by atoms with Gasteiger partial charge in [0.15, 0.2) is 5.72 Å². The number of halogens is 1. The summed E-state index contributed by atoms with van der Waals surface area (Å²) in [7, 11) is 1.76. The van der Waals surface area contributed by atoms with E-state index in [0.29, 0.717) is 27.3 Å². The third kappa shape index (κ3) is 2.40. The van der Waals surface area contributed by atoms with E-state index in [4.69, 9.17) is 20.8 Å². The van der Waals surface area contributed by atoms with Gasteiger partial charge in [-0.15, -0.1) is 0 Å². The third-order valence-electron chi connectivity index (χ3n) is 4.75. The number of nitrogens with zero attached hydrogens (tertiary/aromatic N) is 1. The standard InChI is InChI=1S/C20H16ClNO4/c1-12-19-13-7-10-18(23)26-16(13)9-8-15(19)22(2)20(12,24)11-25-17-6-4-3-5-14(17)21/h3-10,24H,1,11H2,2H3. The second-order valence-electron chi connectivity index (χ2n) is 6.20. The molecule has 0 amide bonds. The van der Waals surface area contributed by atoms with Crippen LogP contribution in [-0.2, 0) is 0 Å². The zero-order valence-corrected chi connectivity index (χ0v) is 14.8. The number of likely N-dealkylation sites (N-methyl/N-ethyl adjacent to an activating group) is 1. The Morgan fingerprint density at radius 2 is 2.00 bits per heavy atom. The van der Waals surface area contributed by atoms with E-state index < -0.39 is 11.4 Å². The zero-order chi connectivity index (χ0) is 18.5. The lowest BCUT2D eigenvalue weighted by molar-refractivity contribution is 0.0523. The molecule has 5 nitrogen and oxygen atoms in total. The van der Waals surface area contributed by atoms with Gasteiger partial charge in [0.25, 0.3) is 0 Å². The fourth-order valence-electron chi connectivity index (χ4n) is 3.26. The van der Waals surface area contributed by atoms with Gasteiger partial charge in [-0.3, -0.25) is 0 Å². The molecule has 0 radical (unpaired) electrons. The molecule has 1 atom stereocenters. The van der Waals surface area contributed by atoms with Crippen LogP contribution in [0.5, 0.6) is 5.75 Å². The number of ether oxygens (including phenoxy) is 1. The van der Waals surface area contributed by atoms with E-state index in [1.165, 1.54) is 6.07 Å². The molecule has 1 aromatic heterocycles. The van der Waals surface area contributed by atoms with Crippen molar-refractivity contribution in [2.45, 2.75) is 5.72 Å². The largest absolute Gasteiger partial charge is 0.487 e. The fraction of sp³-hybridized carbons (Fsp3) is 0.150. The highest BCUT2D eigenvalue weighted by Crippen LogP contribution is 2.47. The molecule has 0 fully saturated rings. The number of benzene rings is 2. The number of hydrogen-bond donors (Lipinski definition) is 1. The predicted molar refractivity (Wildman–Crippen MR) is 102 cm³/mol. The number of para-hydroxylation sites is 1.